The van der Waals surface area contributed by atoms with Crippen molar-refractivity contribution in [2.24, 2.45) is 0 Å². The summed E-state index contributed by atoms with van der Waals surface area (Å²) in [6.45, 7) is 0. The van der Waals surface area contributed by atoms with Gasteiger partial charge in [-0.15, -0.1) is 0 Å². The lowest BCUT2D eigenvalue weighted by Crippen LogP contribution is -2.13. The molecule has 145 valence electrons. The highest BCUT2D eigenvalue weighted by Crippen LogP contribution is 2.28. The van der Waals surface area contributed by atoms with Crippen LogP contribution in [0, 0.1) is 0 Å². The van der Waals surface area contributed by atoms with Crippen molar-refractivity contribution in [3.05, 3.63) is 58.7 Å². The molecular weight excluding hydrogens is 363 g/mol. The van der Waals surface area contributed by atoms with E-state index in [1.807, 2.05) is 0 Å². The van der Waals surface area contributed by atoms with Crippen molar-refractivity contribution in [2.45, 2.75) is 25.2 Å². The fraction of sp³-hybridized carbons (Fsp3) is 0.250. The zero-order valence-electron chi connectivity index (χ0n) is 13.7. The molecule has 2 aromatic rings. The molecule has 2 rings (SSSR count). The van der Waals surface area contributed by atoms with E-state index in [1.165, 1.54) is 24.3 Å². The van der Waals surface area contributed by atoms with Gasteiger partial charge in [0, 0.05) is 22.3 Å². The molecule has 0 heterocycles. The van der Waals surface area contributed by atoms with Crippen molar-refractivity contribution in [1.82, 2.24) is 0 Å². The molecule has 0 atom stereocenters. The fourth-order valence-electron chi connectivity index (χ4n) is 2.30. The van der Waals surface area contributed by atoms with Crippen LogP contribution in [0.15, 0.2) is 36.4 Å². The van der Waals surface area contributed by atoms with Crippen LogP contribution in [-0.2, 0) is 0 Å². The second-order valence-corrected chi connectivity index (χ2v) is 5.41. The average molecular weight is 381 g/mol. The van der Waals surface area contributed by atoms with Crippen LogP contribution in [0.4, 0.5) is 0 Å². The second kappa shape index (κ2) is 9.13. The van der Waals surface area contributed by atoms with Crippen molar-refractivity contribution in [3.8, 4) is 11.5 Å². The van der Waals surface area contributed by atoms with Gasteiger partial charge in [-0.05, 0) is 36.4 Å². The number of rotatable bonds is 8. The predicted molar refractivity (Wildman–Crippen MR) is 88.6 cm³/mol. The van der Waals surface area contributed by atoms with Gasteiger partial charge < -0.3 is 50.2 Å². The summed E-state index contributed by atoms with van der Waals surface area (Å²) in [6.07, 6.45) is -7.73. The fourth-order valence-corrected chi connectivity index (χ4v) is 2.30. The third-order valence-electron chi connectivity index (χ3n) is 3.60. The summed E-state index contributed by atoms with van der Waals surface area (Å²) in [7, 11) is 0.857. The lowest BCUT2D eigenvalue weighted by Gasteiger charge is -2.16. The molecule has 0 aromatic heterocycles. The van der Waals surface area contributed by atoms with Crippen molar-refractivity contribution in [2.75, 3.05) is 0 Å². The lowest BCUT2D eigenvalue weighted by atomic mass is 10.1. The molecule has 0 fully saturated rings. The Morgan fingerprint density at radius 2 is 0.852 bits per heavy atom. The molecule has 0 unspecified atom stereocenters. The first-order valence-electron chi connectivity index (χ1n) is 7.58. The monoisotopic (exact) mass is 381 g/mol. The Morgan fingerprint density at radius 1 is 0.519 bits per heavy atom. The van der Waals surface area contributed by atoms with Gasteiger partial charge in [-0.2, -0.15) is 0 Å². The molecule has 8 N–H and O–H groups in total. The molecular formula is C16H18BO10. The van der Waals surface area contributed by atoms with E-state index in [4.69, 9.17) is 9.31 Å². The first-order valence-corrected chi connectivity index (χ1v) is 7.58. The maximum Gasteiger partial charge on any atom is 0.658 e. The Labute approximate surface area is 154 Å². The summed E-state index contributed by atoms with van der Waals surface area (Å²) >= 11 is 0. The second-order valence-electron chi connectivity index (χ2n) is 5.41. The average Bonchev–Trinajstić information content (AvgIpc) is 2.61. The van der Waals surface area contributed by atoms with E-state index < -0.39 is 25.2 Å². The van der Waals surface area contributed by atoms with Gasteiger partial charge >= 0.3 is 7.69 Å². The van der Waals surface area contributed by atoms with Crippen LogP contribution in [0.3, 0.4) is 0 Å². The smallest absolute Gasteiger partial charge is 0.526 e. The van der Waals surface area contributed by atoms with Crippen LogP contribution in [0.25, 0.3) is 0 Å². The van der Waals surface area contributed by atoms with E-state index in [0.717, 1.165) is 19.8 Å². The van der Waals surface area contributed by atoms with E-state index in [9.17, 15) is 40.9 Å². The van der Waals surface area contributed by atoms with Crippen molar-refractivity contribution in [1.29, 1.82) is 0 Å². The van der Waals surface area contributed by atoms with Gasteiger partial charge in [0.05, 0.1) is 0 Å². The van der Waals surface area contributed by atoms with Gasteiger partial charge in [0.2, 0.25) is 0 Å². The first kappa shape index (κ1) is 21.1. The molecule has 0 aliphatic rings. The third-order valence-corrected chi connectivity index (χ3v) is 3.60. The lowest BCUT2D eigenvalue weighted by molar-refractivity contribution is -0.0635. The summed E-state index contributed by atoms with van der Waals surface area (Å²) in [6, 6.07) is 7.42. The summed E-state index contributed by atoms with van der Waals surface area (Å²) in [5.41, 5.74) is -0.582. The highest BCUT2D eigenvalue weighted by molar-refractivity contribution is 6.20. The Balaban J connectivity index is 2.08. The van der Waals surface area contributed by atoms with E-state index in [1.54, 1.807) is 0 Å². The van der Waals surface area contributed by atoms with Crippen molar-refractivity contribution in [3.63, 3.8) is 0 Å². The van der Waals surface area contributed by atoms with Crippen LogP contribution in [0.1, 0.15) is 47.4 Å². The SMILES string of the molecule is OC(O)c1ccc(O[B]Oc2ccc(C(O)O)c(C(O)O)c2)cc1C(O)O. The van der Waals surface area contributed by atoms with Gasteiger partial charge in [0.15, 0.2) is 25.2 Å². The maximum absolute atomic E-state index is 9.28. The van der Waals surface area contributed by atoms with Gasteiger partial charge in [0.25, 0.3) is 0 Å². The minimum atomic E-state index is -1.96. The van der Waals surface area contributed by atoms with E-state index >= 15 is 0 Å². The molecule has 11 heteroatoms. The van der Waals surface area contributed by atoms with Crippen molar-refractivity contribution < 1.29 is 50.2 Å². The minimum Gasteiger partial charge on any atom is -0.526 e. The molecule has 2 aromatic carbocycles. The largest absolute Gasteiger partial charge is 0.658 e. The Kier molecular flexibility index (Phi) is 7.13. The molecule has 0 saturated heterocycles. The highest BCUT2D eigenvalue weighted by Gasteiger charge is 2.18. The zero-order valence-corrected chi connectivity index (χ0v) is 13.7. The normalized spacial score (nSPS) is 11.6. The number of benzene rings is 2. The Bertz CT molecular complexity index is 699. The molecule has 0 spiro atoms. The minimum absolute atomic E-state index is 0.0901. The quantitative estimate of drug-likeness (QED) is 0.200. The molecule has 0 aliphatic heterocycles. The number of hydrogen-bond acceptors (Lipinski definition) is 10. The summed E-state index contributed by atoms with van der Waals surface area (Å²) in [5, 5.41) is 73.9. The topological polar surface area (TPSA) is 180 Å². The van der Waals surface area contributed by atoms with Crippen LogP contribution in [0.2, 0.25) is 0 Å². The maximum atomic E-state index is 9.28. The van der Waals surface area contributed by atoms with Crippen molar-refractivity contribution >= 4 is 7.69 Å². The molecule has 27 heavy (non-hydrogen) atoms. The van der Waals surface area contributed by atoms with Crippen LogP contribution in [-0.4, -0.2) is 48.5 Å². The van der Waals surface area contributed by atoms with E-state index in [-0.39, 0.29) is 33.8 Å². The van der Waals surface area contributed by atoms with Crippen LogP contribution >= 0.6 is 0 Å². The number of aliphatic hydroxyl groups is 8. The standard InChI is InChI=1S/C16H18BO10/c18-13(19)9-3-1-7(5-11(9)15(22)23)26-17-27-8-2-4-10(14(20)21)12(6-8)16(24)25/h1-6,13-16,18-25H. The Hall–Kier alpha value is -2.22. The summed E-state index contributed by atoms with van der Waals surface area (Å²) < 4.78 is 10.3. The summed E-state index contributed by atoms with van der Waals surface area (Å²) in [4.78, 5) is 0. The van der Waals surface area contributed by atoms with Gasteiger partial charge in [-0.25, -0.2) is 0 Å². The zero-order chi connectivity index (χ0) is 20.1. The predicted octanol–water partition coefficient (Wildman–Crippen LogP) is -1.39. The number of aliphatic hydroxyl groups excluding tert-OH is 4. The Morgan fingerprint density at radius 3 is 1.15 bits per heavy atom. The van der Waals surface area contributed by atoms with Gasteiger partial charge in [0.1, 0.15) is 11.5 Å². The molecule has 1 radical (unpaired) electrons. The van der Waals surface area contributed by atoms with Gasteiger partial charge in [-0.3, -0.25) is 0 Å². The summed E-state index contributed by atoms with van der Waals surface area (Å²) in [5.74, 6) is 0.180. The number of hydrogen-bond donors (Lipinski definition) is 8. The molecule has 0 bridgehead atoms. The molecule has 0 amide bonds. The molecule has 10 nitrogen and oxygen atoms in total. The van der Waals surface area contributed by atoms with Crippen LogP contribution in [0.5, 0.6) is 11.5 Å². The molecule has 0 saturated carbocycles. The van der Waals surface area contributed by atoms with E-state index in [0.29, 0.717) is 0 Å². The third kappa shape index (κ3) is 5.38. The first-order chi connectivity index (χ1) is 12.7. The molecule has 0 aliphatic carbocycles. The van der Waals surface area contributed by atoms with Gasteiger partial charge in [-0.1, -0.05) is 0 Å². The van der Waals surface area contributed by atoms with Crippen LogP contribution < -0.4 is 9.31 Å². The van der Waals surface area contributed by atoms with E-state index in [2.05, 4.69) is 0 Å². The highest BCUT2D eigenvalue weighted by atomic mass is 16.6.